The number of piperidine rings is 1. The summed E-state index contributed by atoms with van der Waals surface area (Å²) in [5.74, 6) is 0. The standard InChI is InChI=1S/C9H17NO.C2H6/c1-3-10-5-8-4-9(2,6-10)7-11-8;1-2/h8H,3-7H2,1-2H3;1-2H3. The molecular formula is C11H23NO. The fourth-order valence-corrected chi connectivity index (χ4v) is 2.35. The lowest BCUT2D eigenvalue weighted by molar-refractivity contribution is 0.0847. The third-order valence-electron chi connectivity index (χ3n) is 2.90. The highest BCUT2D eigenvalue weighted by atomic mass is 16.5. The van der Waals surface area contributed by atoms with Gasteiger partial charge in [0.25, 0.3) is 0 Å². The van der Waals surface area contributed by atoms with E-state index < -0.39 is 0 Å². The topological polar surface area (TPSA) is 12.5 Å². The minimum absolute atomic E-state index is 0.471. The molecule has 2 unspecified atom stereocenters. The lowest BCUT2D eigenvalue weighted by Crippen LogP contribution is -2.43. The van der Waals surface area contributed by atoms with Gasteiger partial charge in [-0.1, -0.05) is 27.7 Å². The predicted octanol–water partition coefficient (Wildman–Crippen LogP) is 2.14. The summed E-state index contributed by atoms with van der Waals surface area (Å²) in [6.07, 6.45) is 1.82. The molecule has 2 aliphatic rings. The van der Waals surface area contributed by atoms with Crippen molar-refractivity contribution in [2.75, 3.05) is 26.2 Å². The van der Waals surface area contributed by atoms with Crippen LogP contribution in [0.15, 0.2) is 0 Å². The molecule has 2 nitrogen and oxygen atoms in total. The first kappa shape index (κ1) is 11.0. The van der Waals surface area contributed by atoms with Gasteiger partial charge in [0.2, 0.25) is 0 Å². The molecule has 2 atom stereocenters. The molecule has 2 aliphatic heterocycles. The zero-order chi connectivity index (χ0) is 9.90. The highest BCUT2D eigenvalue weighted by Gasteiger charge is 2.41. The summed E-state index contributed by atoms with van der Waals surface area (Å²) in [4.78, 5) is 2.50. The van der Waals surface area contributed by atoms with Crippen LogP contribution in [0, 0.1) is 5.41 Å². The summed E-state index contributed by atoms with van der Waals surface area (Å²) in [6, 6.07) is 0. The van der Waals surface area contributed by atoms with Gasteiger partial charge in [0.15, 0.2) is 0 Å². The summed E-state index contributed by atoms with van der Waals surface area (Å²) in [5.41, 5.74) is 0.471. The van der Waals surface area contributed by atoms with Crippen LogP contribution in [0.25, 0.3) is 0 Å². The first-order chi connectivity index (χ1) is 6.22. The van der Waals surface area contributed by atoms with Gasteiger partial charge in [-0.05, 0) is 13.0 Å². The molecule has 2 bridgehead atoms. The third-order valence-corrected chi connectivity index (χ3v) is 2.90. The molecule has 0 spiro atoms. The van der Waals surface area contributed by atoms with Gasteiger partial charge in [0.05, 0.1) is 12.7 Å². The fourth-order valence-electron chi connectivity index (χ4n) is 2.35. The first-order valence-electron chi connectivity index (χ1n) is 5.56. The Kier molecular flexibility index (Phi) is 3.74. The molecule has 0 N–H and O–H groups in total. The Morgan fingerprint density at radius 1 is 1.46 bits per heavy atom. The van der Waals surface area contributed by atoms with E-state index in [9.17, 15) is 0 Å². The van der Waals surface area contributed by atoms with Crippen molar-refractivity contribution in [2.24, 2.45) is 5.41 Å². The molecule has 0 saturated carbocycles. The molecule has 2 saturated heterocycles. The van der Waals surface area contributed by atoms with E-state index in [0.717, 1.165) is 13.2 Å². The number of likely N-dealkylation sites (N-methyl/N-ethyl adjacent to an activating group) is 1. The lowest BCUT2D eigenvalue weighted by Gasteiger charge is -2.35. The van der Waals surface area contributed by atoms with Crippen molar-refractivity contribution < 1.29 is 4.74 Å². The van der Waals surface area contributed by atoms with Crippen molar-refractivity contribution in [3.63, 3.8) is 0 Å². The van der Waals surface area contributed by atoms with Crippen LogP contribution in [-0.4, -0.2) is 37.2 Å². The second kappa shape index (κ2) is 4.43. The van der Waals surface area contributed by atoms with Crippen LogP contribution in [0.1, 0.15) is 34.1 Å². The Bertz CT molecular complexity index is 160. The van der Waals surface area contributed by atoms with Gasteiger partial charge in [-0.2, -0.15) is 0 Å². The highest BCUT2D eigenvalue weighted by molar-refractivity contribution is 4.92. The number of ether oxygens (including phenoxy) is 1. The molecule has 0 aromatic carbocycles. The second-order valence-electron chi connectivity index (χ2n) is 4.28. The van der Waals surface area contributed by atoms with Crippen molar-refractivity contribution in [1.29, 1.82) is 0 Å². The van der Waals surface area contributed by atoms with Crippen LogP contribution in [-0.2, 0) is 4.74 Å². The Labute approximate surface area is 82.3 Å². The SMILES string of the molecule is CC.CCN1CC2CC(C)(CO2)C1. The summed E-state index contributed by atoms with van der Waals surface area (Å²) >= 11 is 0. The minimum Gasteiger partial charge on any atom is -0.376 e. The molecule has 2 heteroatoms. The third kappa shape index (κ3) is 2.44. The van der Waals surface area contributed by atoms with E-state index in [1.54, 1.807) is 0 Å². The zero-order valence-electron chi connectivity index (χ0n) is 9.47. The van der Waals surface area contributed by atoms with Crippen LogP contribution >= 0.6 is 0 Å². The molecule has 0 aromatic heterocycles. The van der Waals surface area contributed by atoms with Gasteiger partial charge in [-0.25, -0.2) is 0 Å². The summed E-state index contributed by atoms with van der Waals surface area (Å²) in [7, 11) is 0. The summed E-state index contributed by atoms with van der Waals surface area (Å²) in [6.45, 7) is 13.1. The number of nitrogens with zero attached hydrogens (tertiary/aromatic N) is 1. The zero-order valence-corrected chi connectivity index (χ0v) is 9.47. The molecule has 2 heterocycles. The molecular weight excluding hydrogens is 162 g/mol. The largest absolute Gasteiger partial charge is 0.376 e. The number of likely N-dealkylation sites (tertiary alicyclic amines) is 1. The van der Waals surface area contributed by atoms with Gasteiger partial charge < -0.3 is 9.64 Å². The van der Waals surface area contributed by atoms with Gasteiger partial charge in [-0.15, -0.1) is 0 Å². The Hall–Kier alpha value is -0.0800. The van der Waals surface area contributed by atoms with Crippen LogP contribution in [0.5, 0.6) is 0 Å². The van der Waals surface area contributed by atoms with Crippen LogP contribution in [0.4, 0.5) is 0 Å². The van der Waals surface area contributed by atoms with E-state index in [1.807, 2.05) is 13.8 Å². The van der Waals surface area contributed by atoms with Gasteiger partial charge >= 0.3 is 0 Å². The molecule has 0 aromatic rings. The molecule has 78 valence electrons. The predicted molar refractivity (Wildman–Crippen MR) is 55.9 cm³/mol. The minimum atomic E-state index is 0.471. The van der Waals surface area contributed by atoms with E-state index >= 15 is 0 Å². The fraction of sp³-hybridized carbons (Fsp3) is 1.00. The molecule has 2 fully saturated rings. The smallest absolute Gasteiger partial charge is 0.0708 e. The maximum atomic E-state index is 5.67. The second-order valence-corrected chi connectivity index (χ2v) is 4.28. The van der Waals surface area contributed by atoms with Crippen molar-refractivity contribution in [3.05, 3.63) is 0 Å². The van der Waals surface area contributed by atoms with Gasteiger partial charge in [0.1, 0.15) is 0 Å². The molecule has 2 rings (SSSR count). The molecule has 13 heavy (non-hydrogen) atoms. The highest BCUT2D eigenvalue weighted by Crippen LogP contribution is 2.37. The van der Waals surface area contributed by atoms with Gasteiger partial charge in [0, 0.05) is 18.5 Å². The van der Waals surface area contributed by atoms with E-state index in [0.29, 0.717) is 11.5 Å². The monoisotopic (exact) mass is 185 g/mol. The van der Waals surface area contributed by atoms with Crippen molar-refractivity contribution in [3.8, 4) is 0 Å². The van der Waals surface area contributed by atoms with Crippen LogP contribution < -0.4 is 0 Å². The Morgan fingerprint density at radius 2 is 2.15 bits per heavy atom. The van der Waals surface area contributed by atoms with Gasteiger partial charge in [-0.3, -0.25) is 0 Å². The van der Waals surface area contributed by atoms with Crippen LogP contribution in [0.2, 0.25) is 0 Å². The van der Waals surface area contributed by atoms with E-state index in [-0.39, 0.29) is 0 Å². The molecule has 0 aliphatic carbocycles. The van der Waals surface area contributed by atoms with E-state index in [2.05, 4.69) is 18.7 Å². The molecule has 0 amide bonds. The first-order valence-corrected chi connectivity index (χ1v) is 5.56. The normalized spacial score (nSPS) is 38.3. The quantitative estimate of drug-likeness (QED) is 0.620. The maximum absolute atomic E-state index is 5.67. The summed E-state index contributed by atoms with van der Waals surface area (Å²) in [5, 5.41) is 0. The number of fused-ring (bicyclic) bond motifs is 2. The lowest BCUT2D eigenvalue weighted by atomic mass is 9.84. The van der Waals surface area contributed by atoms with E-state index in [1.165, 1.54) is 19.5 Å². The average molecular weight is 185 g/mol. The Morgan fingerprint density at radius 3 is 2.69 bits per heavy atom. The number of rotatable bonds is 1. The summed E-state index contributed by atoms with van der Waals surface area (Å²) < 4.78 is 5.67. The number of hydrogen-bond donors (Lipinski definition) is 0. The van der Waals surface area contributed by atoms with Crippen molar-refractivity contribution in [2.45, 2.75) is 40.2 Å². The molecule has 0 radical (unpaired) electrons. The van der Waals surface area contributed by atoms with Crippen molar-refractivity contribution >= 4 is 0 Å². The van der Waals surface area contributed by atoms with Crippen molar-refractivity contribution in [1.82, 2.24) is 4.90 Å². The number of hydrogen-bond acceptors (Lipinski definition) is 2. The Balaban J connectivity index is 0.000000396. The maximum Gasteiger partial charge on any atom is 0.0708 e. The van der Waals surface area contributed by atoms with E-state index in [4.69, 9.17) is 4.74 Å². The average Bonchev–Trinajstić information content (AvgIpc) is 2.43. The van der Waals surface area contributed by atoms with Crippen LogP contribution in [0.3, 0.4) is 0 Å².